The molecule has 1 heterocycles. The van der Waals surface area contributed by atoms with Crippen LogP contribution in [0, 0.1) is 13.8 Å². The number of nitrogens with zero attached hydrogens (tertiary/aromatic N) is 1. The molecule has 0 fully saturated rings. The third kappa shape index (κ3) is 3.11. The average Bonchev–Trinajstić information content (AvgIpc) is 2.47. The van der Waals surface area contributed by atoms with Crippen molar-refractivity contribution in [1.82, 2.24) is 0 Å². The normalized spacial score (nSPS) is 15.7. The molecule has 0 unspecified atom stereocenters. The van der Waals surface area contributed by atoms with Gasteiger partial charge < -0.3 is 10.0 Å². The molecule has 2 heteroatoms. The van der Waals surface area contributed by atoms with Crippen LogP contribution in [0.1, 0.15) is 34.8 Å². The Morgan fingerprint density at radius 3 is 2.52 bits per heavy atom. The summed E-state index contributed by atoms with van der Waals surface area (Å²) in [6.07, 6.45) is 1.88. The summed E-state index contributed by atoms with van der Waals surface area (Å²) in [5, 5.41) is 10.5. The third-order valence-corrected chi connectivity index (χ3v) is 4.31. The summed E-state index contributed by atoms with van der Waals surface area (Å²) >= 11 is 0. The van der Waals surface area contributed by atoms with Crippen LogP contribution in [0.5, 0.6) is 0 Å². The number of anilines is 1. The van der Waals surface area contributed by atoms with Crippen molar-refractivity contribution in [2.75, 3.05) is 18.0 Å². The van der Waals surface area contributed by atoms with E-state index < -0.39 is 6.10 Å². The van der Waals surface area contributed by atoms with E-state index in [0.717, 1.165) is 24.9 Å². The lowest BCUT2D eigenvalue weighted by Crippen LogP contribution is -2.33. The highest BCUT2D eigenvalue weighted by Crippen LogP contribution is 2.29. The smallest absolute Gasteiger partial charge is 0.0964 e. The molecule has 1 N–H and O–H groups in total. The van der Waals surface area contributed by atoms with Gasteiger partial charge in [-0.3, -0.25) is 0 Å². The average molecular weight is 281 g/mol. The fourth-order valence-electron chi connectivity index (χ4n) is 3.10. The van der Waals surface area contributed by atoms with E-state index in [-0.39, 0.29) is 0 Å². The summed E-state index contributed by atoms with van der Waals surface area (Å²) in [5.41, 5.74) is 6.25. The van der Waals surface area contributed by atoms with Crippen LogP contribution in [-0.2, 0) is 6.42 Å². The summed E-state index contributed by atoms with van der Waals surface area (Å²) in [4.78, 5) is 2.32. The molecule has 0 aromatic heterocycles. The zero-order chi connectivity index (χ0) is 14.8. The Balaban J connectivity index is 1.78. The molecule has 21 heavy (non-hydrogen) atoms. The molecule has 0 amide bonds. The molecule has 0 saturated heterocycles. The van der Waals surface area contributed by atoms with Gasteiger partial charge in [-0.05, 0) is 43.9 Å². The van der Waals surface area contributed by atoms with Crippen LogP contribution >= 0.6 is 0 Å². The molecule has 1 atom stereocenters. The van der Waals surface area contributed by atoms with Gasteiger partial charge in [-0.15, -0.1) is 0 Å². The molecule has 0 bridgehead atoms. The number of aryl methyl sites for hydroxylation is 3. The second-order valence-corrected chi connectivity index (χ2v) is 6.11. The molecule has 0 saturated carbocycles. The molecule has 0 aliphatic carbocycles. The SMILES string of the molecule is Cc1ccc([C@@H](O)CN2CCCc3cc(C)ccc32)cc1. The Morgan fingerprint density at radius 1 is 1.05 bits per heavy atom. The van der Waals surface area contributed by atoms with Gasteiger partial charge in [-0.2, -0.15) is 0 Å². The molecule has 0 radical (unpaired) electrons. The Hall–Kier alpha value is -1.80. The van der Waals surface area contributed by atoms with E-state index in [0.29, 0.717) is 6.54 Å². The van der Waals surface area contributed by atoms with E-state index in [1.54, 1.807) is 0 Å². The van der Waals surface area contributed by atoms with E-state index in [1.807, 2.05) is 12.1 Å². The number of aliphatic hydroxyl groups is 1. The van der Waals surface area contributed by atoms with E-state index in [4.69, 9.17) is 0 Å². The molecule has 2 aromatic carbocycles. The van der Waals surface area contributed by atoms with Gasteiger partial charge in [0, 0.05) is 18.8 Å². The summed E-state index contributed by atoms with van der Waals surface area (Å²) in [6.45, 7) is 5.90. The van der Waals surface area contributed by atoms with Crippen molar-refractivity contribution in [3.05, 3.63) is 64.7 Å². The van der Waals surface area contributed by atoms with E-state index >= 15 is 0 Å². The number of hydrogen-bond donors (Lipinski definition) is 1. The van der Waals surface area contributed by atoms with Gasteiger partial charge in [0.1, 0.15) is 0 Å². The van der Waals surface area contributed by atoms with Crippen molar-refractivity contribution in [3.8, 4) is 0 Å². The van der Waals surface area contributed by atoms with Gasteiger partial charge >= 0.3 is 0 Å². The minimum atomic E-state index is -0.433. The second kappa shape index (κ2) is 5.90. The summed E-state index contributed by atoms with van der Waals surface area (Å²) in [5.74, 6) is 0. The number of hydrogen-bond acceptors (Lipinski definition) is 2. The molecule has 1 aliphatic heterocycles. The topological polar surface area (TPSA) is 23.5 Å². The van der Waals surface area contributed by atoms with E-state index in [2.05, 4.69) is 49.1 Å². The Labute approximate surface area is 127 Å². The van der Waals surface area contributed by atoms with Crippen LogP contribution in [0.15, 0.2) is 42.5 Å². The van der Waals surface area contributed by atoms with Crippen LogP contribution in [0.2, 0.25) is 0 Å². The molecule has 110 valence electrons. The predicted octanol–water partition coefficient (Wildman–Crippen LogP) is 3.79. The van der Waals surface area contributed by atoms with Crippen LogP contribution in [-0.4, -0.2) is 18.2 Å². The van der Waals surface area contributed by atoms with Gasteiger partial charge in [0.2, 0.25) is 0 Å². The maximum absolute atomic E-state index is 10.5. The van der Waals surface area contributed by atoms with Crippen LogP contribution in [0.4, 0.5) is 5.69 Å². The van der Waals surface area contributed by atoms with Crippen LogP contribution < -0.4 is 4.90 Å². The highest BCUT2D eigenvalue weighted by Gasteiger charge is 2.20. The minimum Gasteiger partial charge on any atom is -0.387 e. The number of fused-ring (bicyclic) bond motifs is 1. The third-order valence-electron chi connectivity index (χ3n) is 4.31. The molecule has 2 nitrogen and oxygen atoms in total. The second-order valence-electron chi connectivity index (χ2n) is 6.11. The van der Waals surface area contributed by atoms with Crippen molar-refractivity contribution >= 4 is 5.69 Å². The first-order chi connectivity index (χ1) is 10.1. The maximum Gasteiger partial charge on any atom is 0.0964 e. The van der Waals surface area contributed by atoms with Crippen molar-refractivity contribution in [2.45, 2.75) is 32.8 Å². The maximum atomic E-state index is 10.5. The lowest BCUT2D eigenvalue weighted by atomic mass is 9.98. The Bertz CT molecular complexity index is 618. The highest BCUT2D eigenvalue weighted by molar-refractivity contribution is 5.57. The Morgan fingerprint density at radius 2 is 1.76 bits per heavy atom. The van der Waals surface area contributed by atoms with Crippen LogP contribution in [0.25, 0.3) is 0 Å². The van der Waals surface area contributed by atoms with Crippen molar-refractivity contribution in [3.63, 3.8) is 0 Å². The standard InChI is InChI=1S/C19H23NO/c1-14-5-8-16(9-6-14)19(21)13-20-11-3-4-17-12-15(2)7-10-18(17)20/h5-10,12,19,21H,3-4,11,13H2,1-2H3/t19-/m0/s1. The zero-order valence-electron chi connectivity index (χ0n) is 12.8. The highest BCUT2D eigenvalue weighted by atomic mass is 16.3. The van der Waals surface area contributed by atoms with Crippen molar-refractivity contribution in [2.24, 2.45) is 0 Å². The number of benzene rings is 2. The van der Waals surface area contributed by atoms with Gasteiger partial charge in [0.15, 0.2) is 0 Å². The summed E-state index contributed by atoms with van der Waals surface area (Å²) in [7, 11) is 0. The molecule has 3 rings (SSSR count). The summed E-state index contributed by atoms with van der Waals surface area (Å²) in [6, 6.07) is 14.8. The summed E-state index contributed by atoms with van der Waals surface area (Å²) < 4.78 is 0. The lowest BCUT2D eigenvalue weighted by molar-refractivity contribution is 0.183. The van der Waals surface area contributed by atoms with Crippen molar-refractivity contribution in [1.29, 1.82) is 0 Å². The molecular weight excluding hydrogens is 258 g/mol. The number of rotatable bonds is 3. The fraction of sp³-hybridized carbons (Fsp3) is 0.368. The predicted molar refractivity (Wildman–Crippen MR) is 87.9 cm³/mol. The minimum absolute atomic E-state index is 0.433. The first-order valence-corrected chi connectivity index (χ1v) is 7.72. The van der Waals surface area contributed by atoms with Crippen LogP contribution in [0.3, 0.4) is 0 Å². The molecular formula is C19H23NO. The first-order valence-electron chi connectivity index (χ1n) is 7.72. The van der Waals surface area contributed by atoms with Gasteiger partial charge in [0.05, 0.1) is 6.10 Å². The largest absolute Gasteiger partial charge is 0.387 e. The fourth-order valence-corrected chi connectivity index (χ4v) is 3.10. The molecule has 1 aliphatic rings. The Kier molecular flexibility index (Phi) is 3.98. The molecule has 2 aromatic rings. The monoisotopic (exact) mass is 281 g/mol. The van der Waals surface area contributed by atoms with Gasteiger partial charge in [0.25, 0.3) is 0 Å². The zero-order valence-corrected chi connectivity index (χ0v) is 12.8. The quantitative estimate of drug-likeness (QED) is 0.925. The lowest BCUT2D eigenvalue weighted by Gasteiger charge is -2.33. The first kappa shape index (κ1) is 14.2. The van der Waals surface area contributed by atoms with E-state index in [9.17, 15) is 5.11 Å². The number of aliphatic hydroxyl groups excluding tert-OH is 1. The number of β-amino-alcohol motifs (C(OH)–C–C–N with tert-alkyl or cyclic N) is 1. The van der Waals surface area contributed by atoms with Crippen molar-refractivity contribution < 1.29 is 5.11 Å². The van der Waals surface area contributed by atoms with Gasteiger partial charge in [-0.25, -0.2) is 0 Å². The van der Waals surface area contributed by atoms with E-state index in [1.165, 1.54) is 22.4 Å². The molecule has 0 spiro atoms. The van der Waals surface area contributed by atoms with Gasteiger partial charge in [-0.1, -0.05) is 47.5 Å².